The zero-order valence-electron chi connectivity index (χ0n) is 11.9. The van der Waals surface area contributed by atoms with E-state index in [-0.39, 0.29) is 12.2 Å². The summed E-state index contributed by atoms with van der Waals surface area (Å²) in [6.07, 6.45) is 9.39. The van der Waals surface area contributed by atoms with Crippen molar-refractivity contribution in [3.8, 4) is 0 Å². The van der Waals surface area contributed by atoms with Crippen molar-refractivity contribution < 1.29 is 19.7 Å². The molecule has 6 atom stereocenters. The molecule has 1 aliphatic heterocycles. The highest BCUT2D eigenvalue weighted by atomic mass is 16.8. The summed E-state index contributed by atoms with van der Waals surface area (Å²) in [5.74, 6) is -0.681. The Hall–Kier alpha value is -0.940. The topological polar surface area (TPSA) is 58.9 Å². The zero-order chi connectivity index (χ0) is 14.3. The summed E-state index contributed by atoms with van der Waals surface area (Å²) >= 11 is 0. The fraction of sp³-hybridized carbons (Fsp3) is 0.625. The van der Waals surface area contributed by atoms with Crippen molar-refractivity contribution in [1.82, 2.24) is 0 Å². The Morgan fingerprint density at radius 3 is 2.35 bits per heavy atom. The van der Waals surface area contributed by atoms with Gasteiger partial charge in [-0.25, -0.2) is 0 Å². The van der Waals surface area contributed by atoms with Crippen LogP contribution in [0.3, 0.4) is 0 Å². The molecule has 1 heterocycles. The van der Waals surface area contributed by atoms with Crippen LogP contribution in [0.15, 0.2) is 36.0 Å². The molecule has 110 valence electrons. The van der Waals surface area contributed by atoms with Gasteiger partial charge in [0.1, 0.15) is 12.2 Å². The largest absolute Gasteiger partial charge is 0.385 e. The molecule has 0 amide bonds. The first-order valence-corrected chi connectivity index (χ1v) is 7.29. The van der Waals surface area contributed by atoms with Crippen molar-refractivity contribution in [3.05, 3.63) is 36.0 Å². The Morgan fingerprint density at radius 2 is 1.80 bits per heavy atom. The molecule has 1 saturated heterocycles. The van der Waals surface area contributed by atoms with Gasteiger partial charge in [0.05, 0.1) is 12.2 Å². The number of aliphatic hydroxyl groups excluding tert-OH is 2. The van der Waals surface area contributed by atoms with Crippen molar-refractivity contribution in [2.75, 3.05) is 0 Å². The molecule has 4 heteroatoms. The minimum Gasteiger partial charge on any atom is -0.385 e. The van der Waals surface area contributed by atoms with E-state index < -0.39 is 18.0 Å². The monoisotopic (exact) mass is 278 g/mol. The van der Waals surface area contributed by atoms with Crippen molar-refractivity contribution >= 4 is 0 Å². The molecule has 2 unspecified atom stereocenters. The molecule has 0 bridgehead atoms. The maximum Gasteiger partial charge on any atom is 0.219 e. The summed E-state index contributed by atoms with van der Waals surface area (Å²) in [6.45, 7) is 3.89. The average molecular weight is 278 g/mol. The van der Waals surface area contributed by atoms with Crippen LogP contribution < -0.4 is 0 Å². The third-order valence-corrected chi connectivity index (χ3v) is 4.40. The molecule has 20 heavy (non-hydrogen) atoms. The molecular weight excluding hydrogens is 256 g/mol. The van der Waals surface area contributed by atoms with Crippen LogP contribution in [0.5, 0.6) is 0 Å². The third kappa shape index (κ3) is 2.07. The van der Waals surface area contributed by atoms with Crippen LogP contribution in [0, 0.1) is 5.92 Å². The van der Waals surface area contributed by atoms with Gasteiger partial charge in [-0.05, 0) is 44.3 Å². The van der Waals surface area contributed by atoms with Gasteiger partial charge in [0.25, 0.3) is 0 Å². The number of ether oxygens (including phenoxy) is 2. The first kappa shape index (κ1) is 14.0. The molecule has 2 N–H and O–H groups in total. The molecule has 3 aliphatic rings. The molecule has 3 rings (SSSR count). The van der Waals surface area contributed by atoms with Gasteiger partial charge in [-0.15, -0.1) is 0 Å². The van der Waals surface area contributed by atoms with Gasteiger partial charge in [0.15, 0.2) is 0 Å². The Kier molecular flexibility index (Phi) is 3.58. The number of aliphatic hydroxyl groups is 2. The Morgan fingerprint density at radius 1 is 1.15 bits per heavy atom. The Balaban J connectivity index is 1.78. The van der Waals surface area contributed by atoms with Crippen LogP contribution in [-0.2, 0) is 9.47 Å². The Labute approximate surface area is 119 Å². The normalized spacial score (nSPS) is 47.8. The molecule has 1 saturated carbocycles. The summed E-state index contributed by atoms with van der Waals surface area (Å²) in [6, 6.07) is 0. The van der Waals surface area contributed by atoms with Gasteiger partial charge in [0.2, 0.25) is 5.79 Å². The van der Waals surface area contributed by atoms with Crippen LogP contribution in [0.25, 0.3) is 0 Å². The molecule has 2 fully saturated rings. The van der Waals surface area contributed by atoms with E-state index in [0.717, 1.165) is 12.8 Å². The summed E-state index contributed by atoms with van der Waals surface area (Å²) in [4.78, 5) is 0. The van der Waals surface area contributed by atoms with Crippen LogP contribution in [0.4, 0.5) is 0 Å². The number of hydrogen-bond donors (Lipinski definition) is 2. The summed E-state index contributed by atoms with van der Waals surface area (Å²) in [5.41, 5.74) is 0.657. The Bertz CT molecular complexity index is 451. The van der Waals surface area contributed by atoms with E-state index in [9.17, 15) is 10.2 Å². The predicted octanol–water partition coefficient (Wildman–Crippen LogP) is 1.69. The van der Waals surface area contributed by atoms with E-state index in [4.69, 9.17) is 9.47 Å². The summed E-state index contributed by atoms with van der Waals surface area (Å²) < 4.78 is 12.0. The fourth-order valence-electron chi connectivity index (χ4n) is 3.53. The second-order valence-corrected chi connectivity index (χ2v) is 5.83. The lowest BCUT2D eigenvalue weighted by Crippen LogP contribution is -2.44. The maximum absolute atomic E-state index is 10.3. The standard InChI is InChI=1S/C16H22O4/c1-3-5-10-7-12-13(8-10)20-16(19-12)9-11(6-4-2)14(17)15(16)18/h3-6,9-10,12-15,17-18H,7-8H2,1-2H3/b5-3+,6-4+/t10?,12-,13+,14-,15-,16?/m1/s1. The molecule has 4 nitrogen and oxygen atoms in total. The molecule has 0 aromatic rings. The van der Waals surface area contributed by atoms with E-state index in [1.807, 2.05) is 19.9 Å². The molecule has 0 radical (unpaired) electrons. The number of allylic oxidation sites excluding steroid dienone is 3. The van der Waals surface area contributed by atoms with Gasteiger partial charge in [-0.3, -0.25) is 0 Å². The minimum absolute atomic E-state index is 0.000689. The highest BCUT2D eigenvalue weighted by molar-refractivity contribution is 5.35. The quantitative estimate of drug-likeness (QED) is 0.755. The summed E-state index contributed by atoms with van der Waals surface area (Å²) in [7, 11) is 0. The molecule has 0 aromatic heterocycles. The van der Waals surface area contributed by atoms with Gasteiger partial charge in [0, 0.05) is 0 Å². The van der Waals surface area contributed by atoms with Gasteiger partial charge < -0.3 is 19.7 Å². The predicted molar refractivity (Wildman–Crippen MR) is 74.9 cm³/mol. The lowest BCUT2D eigenvalue weighted by Gasteiger charge is -2.28. The first-order valence-electron chi connectivity index (χ1n) is 7.29. The van der Waals surface area contributed by atoms with Crippen molar-refractivity contribution in [1.29, 1.82) is 0 Å². The zero-order valence-corrected chi connectivity index (χ0v) is 11.9. The molecule has 0 aromatic carbocycles. The smallest absolute Gasteiger partial charge is 0.219 e. The second-order valence-electron chi connectivity index (χ2n) is 5.83. The van der Waals surface area contributed by atoms with E-state index in [2.05, 4.69) is 12.2 Å². The highest BCUT2D eigenvalue weighted by Gasteiger charge is 2.58. The van der Waals surface area contributed by atoms with Crippen molar-refractivity contribution in [2.45, 2.75) is 56.9 Å². The fourth-order valence-corrected chi connectivity index (χ4v) is 3.53. The van der Waals surface area contributed by atoms with Crippen LogP contribution in [-0.4, -0.2) is 40.4 Å². The van der Waals surface area contributed by atoms with Gasteiger partial charge >= 0.3 is 0 Å². The molecule has 1 spiro atoms. The first-order chi connectivity index (χ1) is 9.59. The van der Waals surface area contributed by atoms with Crippen LogP contribution in [0.1, 0.15) is 26.7 Å². The van der Waals surface area contributed by atoms with Gasteiger partial charge in [-0.1, -0.05) is 24.3 Å². The lowest BCUT2D eigenvalue weighted by molar-refractivity contribution is -0.212. The van der Waals surface area contributed by atoms with Crippen molar-refractivity contribution in [3.63, 3.8) is 0 Å². The summed E-state index contributed by atoms with van der Waals surface area (Å²) in [5, 5.41) is 20.3. The number of fused-ring (bicyclic) bond motifs is 1. The number of rotatable bonds is 2. The van der Waals surface area contributed by atoms with E-state index >= 15 is 0 Å². The van der Waals surface area contributed by atoms with E-state index in [0.29, 0.717) is 11.5 Å². The average Bonchev–Trinajstić information content (AvgIpc) is 2.98. The molecular formula is C16H22O4. The minimum atomic E-state index is -1.16. The van der Waals surface area contributed by atoms with E-state index in [1.165, 1.54) is 0 Å². The SMILES string of the molecule is C/C=C/C1=CC2(O[C@H]3CC(/C=C/C)C[C@H]3O2)[C@H](O)[C@@H]1O. The van der Waals surface area contributed by atoms with Crippen LogP contribution in [0.2, 0.25) is 0 Å². The highest BCUT2D eigenvalue weighted by Crippen LogP contribution is 2.47. The lowest BCUT2D eigenvalue weighted by atomic mass is 10.1. The van der Waals surface area contributed by atoms with E-state index in [1.54, 1.807) is 12.2 Å². The second kappa shape index (κ2) is 5.11. The van der Waals surface area contributed by atoms with Crippen molar-refractivity contribution in [2.24, 2.45) is 5.92 Å². The maximum atomic E-state index is 10.3. The van der Waals surface area contributed by atoms with Gasteiger partial charge in [-0.2, -0.15) is 0 Å². The van der Waals surface area contributed by atoms with Crippen LogP contribution >= 0.6 is 0 Å². The number of hydrogen-bond acceptors (Lipinski definition) is 4. The third-order valence-electron chi connectivity index (χ3n) is 4.40. The molecule has 2 aliphatic carbocycles.